The minimum atomic E-state index is -3.81. The van der Waals surface area contributed by atoms with Crippen LogP contribution >= 0.6 is 0 Å². The van der Waals surface area contributed by atoms with E-state index in [1.54, 1.807) is 24.3 Å². The SMILES string of the molecule is N#Cc1cccc(S(=O)(=O)N[C@@H](CO)c2ccccc2)c1. The summed E-state index contributed by atoms with van der Waals surface area (Å²) in [6.07, 6.45) is 0. The summed E-state index contributed by atoms with van der Waals surface area (Å²) >= 11 is 0. The minimum Gasteiger partial charge on any atom is -0.394 e. The summed E-state index contributed by atoms with van der Waals surface area (Å²) in [6, 6.07) is 15.7. The Morgan fingerprint density at radius 1 is 1.14 bits per heavy atom. The van der Waals surface area contributed by atoms with Crippen molar-refractivity contribution in [2.24, 2.45) is 0 Å². The molecule has 2 aromatic rings. The van der Waals surface area contributed by atoms with Crippen LogP contribution in [-0.4, -0.2) is 20.1 Å². The molecule has 2 N–H and O–H groups in total. The van der Waals surface area contributed by atoms with Crippen LogP contribution in [0.15, 0.2) is 59.5 Å². The lowest BCUT2D eigenvalue weighted by molar-refractivity contribution is 0.259. The van der Waals surface area contributed by atoms with Gasteiger partial charge in [-0.1, -0.05) is 36.4 Å². The zero-order valence-corrected chi connectivity index (χ0v) is 11.9. The van der Waals surface area contributed by atoms with Gasteiger partial charge in [-0.25, -0.2) is 13.1 Å². The highest BCUT2D eigenvalue weighted by atomic mass is 32.2. The van der Waals surface area contributed by atoms with E-state index in [1.165, 1.54) is 24.3 Å². The van der Waals surface area contributed by atoms with Gasteiger partial charge >= 0.3 is 0 Å². The zero-order chi connectivity index (χ0) is 15.3. The van der Waals surface area contributed by atoms with E-state index >= 15 is 0 Å². The molecule has 2 rings (SSSR count). The first-order chi connectivity index (χ1) is 10.1. The molecule has 6 heteroatoms. The second-order valence-corrected chi connectivity index (χ2v) is 6.12. The van der Waals surface area contributed by atoms with Crippen molar-refractivity contribution in [2.75, 3.05) is 6.61 Å². The molecule has 0 saturated carbocycles. The molecule has 0 unspecified atom stereocenters. The van der Waals surface area contributed by atoms with Gasteiger partial charge in [0, 0.05) is 0 Å². The highest BCUT2D eigenvalue weighted by molar-refractivity contribution is 7.89. The van der Waals surface area contributed by atoms with E-state index in [1.807, 2.05) is 12.1 Å². The summed E-state index contributed by atoms with van der Waals surface area (Å²) in [5, 5.41) is 18.2. The molecule has 1 atom stereocenters. The number of nitriles is 1. The summed E-state index contributed by atoms with van der Waals surface area (Å²) in [7, 11) is -3.81. The topological polar surface area (TPSA) is 90.2 Å². The van der Waals surface area contributed by atoms with Gasteiger partial charge in [-0.2, -0.15) is 5.26 Å². The fraction of sp³-hybridized carbons (Fsp3) is 0.133. The molecule has 0 bridgehead atoms. The number of sulfonamides is 1. The van der Waals surface area contributed by atoms with E-state index in [9.17, 15) is 13.5 Å². The van der Waals surface area contributed by atoms with E-state index < -0.39 is 16.1 Å². The third-order valence-electron chi connectivity index (χ3n) is 2.96. The van der Waals surface area contributed by atoms with E-state index in [2.05, 4.69) is 4.72 Å². The molecular formula is C15H14N2O3S. The molecule has 5 nitrogen and oxygen atoms in total. The summed E-state index contributed by atoms with van der Waals surface area (Å²) in [6.45, 7) is -0.360. The van der Waals surface area contributed by atoms with Crippen molar-refractivity contribution in [1.82, 2.24) is 4.72 Å². The Hall–Kier alpha value is -2.20. The molecule has 2 aromatic carbocycles. The normalized spacial score (nSPS) is 12.6. The van der Waals surface area contributed by atoms with Crippen LogP contribution in [0.1, 0.15) is 17.2 Å². The lowest BCUT2D eigenvalue weighted by Gasteiger charge is -2.17. The summed E-state index contributed by atoms with van der Waals surface area (Å²) in [4.78, 5) is -0.00377. The Bertz CT molecular complexity index is 752. The first-order valence-corrected chi connectivity index (χ1v) is 7.73. The van der Waals surface area contributed by atoms with Crippen LogP contribution in [0.2, 0.25) is 0 Å². The predicted octanol–water partition coefficient (Wildman–Crippen LogP) is 1.57. The van der Waals surface area contributed by atoms with E-state index in [-0.39, 0.29) is 17.1 Å². The van der Waals surface area contributed by atoms with Crippen molar-refractivity contribution in [3.8, 4) is 6.07 Å². The molecule has 0 aliphatic rings. The van der Waals surface area contributed by atoms with Gasteiger partial charge in [0.15, 0.2) is 0 Å². The molecule has 0 spiro atoms. The van der Waals surface area contributed by atoms with E-state index in [0.717, 1.165) is 0 Å². The number of aliphatic hydroxyl groups is 1. The second-order valence-electron chi connectivity index (χ2n) is 4.41. The number of aliphatic hydroxyl groups excluding tert-OH is 1. The van der Waals surface area contributed by atoms with Crippen molar-refractivity contribution in [3.63, 3.8) is 0 Å². The summed E-state index contributed by atoms with van der Waals surface area (Å²) in [5.41, 5.74) is 0.929. The van der Waals surface area contributed by atoms with Crippen molar-refractivity contribution in [3.05, 3.63) is 65.7 Å². The second kappa shape index (κ2) is 6.50. The molecular weight excluding hydrogens is 288 g/mol. The highest BCUT2D eigenvalue weighted by Gasteiger charge is 2.21. The van der Waals surface area contributed by atoms with Gasteiger partial charge in [0.25, 0.3) is 0 Å². The molecule has 108 valence electrons. The number of rotatable bonds is 5. The maximum Gasteiger partial charge on any atom is 0.241 e. The van der Waals surface area contributed by atoms with Crippen molar-refractivity contribution in [2.45, 2.75) is 10.9 Å². The quantitative estimate of drug-likeness (QED) is 0.877. The number of nitrogens with zero attached hydrogens (tertiary/aromatic N) is 1. The molecule has 0 radical (unpaired) electrons. The summed E-state index contributed by atoms with van der Waals surface area (Å²) < 4.78 is 27.1. The molecule has 0 aliphatic carbocycles. The van der Waals surface area contributed by atoms with Gasteiger partial charge < -0.3 is 5.11 Å². The number of benzene rings is 2. The molecule has 0 amide bonds. The first-order valence-electron chi connectivity index (χ1n) is 6.25. The third-order valence-corrected chi connectivity index (χ3v) is 4.42. The smallest absolute Gasteiger partial charge is 0.241 e. The molecule has 0 fully saturated rings. The molecule has 0 saturated heterocycles. The summed E-state index contributed by atoms with van der Waals surface area (Å²) in [5.74, 6) is 0. The largest absolute Gasteiger partial charge is 0.394 e. The van der Waals surface area contributed by atoms with Gasteiger partial charge in [-0.3, -0.25) is 0 Å². The minimum absolute atomic E-state index is 0.00377. The van der Waals surface area contributed by atoms with Gasteiger partial charge in [0.2, 0.25) is 10.0 Å². The van der Waals surface area contributed by atoms with Crippen molar-refractivity contribution >= 4 is 10.0 Å². The van der Waals surface area contributed by atoms with Gasteiger partial charge in [0.05, 0.1) is 29.2 Å². The standard InChI is InChI=1S/C15H14N2O3S/c16-10-12-5-4-8-14(9-12)21(19,20)17-15(11-18)13-6-2-1-3-7-13/h1-9,15,17-18H,11H2/t15-/m0/s1. The van der Waals surface area contributed by atoms with Gasteiger partial charge in [-0.05, 0) is 23.8 Å². The van der Waals surface area contributed by atoms with Crippen LogP contribution < -0.4 is 4.72 Å². The zero-order valence-electron chi connectivity index (χ0n) is 11.1. The number of hydrogen-bond donors (Lipinski definition) is 2. The van der Waals surface area contributed by atoms with Crippen LogP contribution in [0, 0.1) is 11.3 Å². The predicted molar refractivity (Wildman–Crippen MR) is 77.7 cm³/mol. The first kappa shape index (κ1) is 15.2. The molecule has 21 heavy (non-hydrogen) atoms. The fourth-order valence-corrected chi connectivity index (χ4v) is 3.15. The fourth-order valence-electron chi connectivity index (χ4n) is 1.88. The average molecular weight is 302 g/mol. The Morgan fingerprint density at radius 2 is 1.86 bits per heavy atom. The van der Waals surface area contributed by atoms with Crippen LogP contribution in [0.4, 0.5) is 0 Å². The number of nitrogens with one attached hydrogen (secondary N) is 1. The van der Waals surface area contributed by atoms with Crippen LogP contribution in [0.3, 0.4) is 0 Å². The number of hydrogen-bond acceptors (Lipinski definition) is 4. The van der Waals surface area contributed by atoms with E-state index in [4.69, 9.17) is 5.26 Å². The molecule has 0 heterocycles. The van der Waals surface area contributed by atoms with Gasteiger partial charge in [0.1, 0.15) is 0 Å². The average Bonchev–Trinajstić information content (AvgIpc) is 2.53. The molecule has 0 aromatic heterocycles. The van der Waals surface area contributed by atoms with Crippen LogP contribution in [-0.2, 0) is 10.0 Å². The maximum atomic E-state index is 12.3. The monoisotopic (exact) mass is 302 g/mol. The molecule has 0 aliphatic heterocycles. The maximum absolute atomic E-state index is 12.3. The Kier molecular flexibility index (Phi) is 4.70. The van der Waals surface area contributed by atoms with Crippen LogP contribution in [0.5, 0.6) is 0 Å². The highest BCUT2D eigenvalue weighted by Crippen LogP contribution is 2.17. The van der Waals surface area contributed by atoms with Gasteiger partial charge in [-0.15, -0.1) is 0 Å². The lowest BCUT2D eigenvalue weighted by Crippen LogP contribution is -2.30. The van der Waals surface area contributed by atoms with E-state index in [0.29, 0.717) is 5.56 Å². The van der Waals surface area contributed by atoms with Crippen LogP contribution in [0.25, 0.3) is 0 Å². The Morgan fingerprint density at radius 3 is 2.48 bits per heavy atom. The van der Waals surface area contributed by atoms with Crippen molar-refractivity contribution < 1.29 is 13.5 Å². The third kappa shape index (κ3) is 3.67. The lowest BCUT2D eigenvalue weighted by atomic mass is 10.1. The Labute approximate surface area is 123 Å². The van der Waals surface area contributed by atoms with Crippen molar-refractivity contribution in [1.29, 1.82) is 5.26 Å². The Balaban J connectivity index is 2.30.